The second-order valence-electron chi connectivity index (χ2n) is 16.6. The van der Waals surface area contributed by atoms with Crippen LogP contribution in [0.4, 0.5) is 11.4 Å². The summed E-state index contributed by atoms with van der Waals surface area (Å²) in [5.41, 5.74) is 3.62. The molecule has 1 aliphatic heterocycles. The highest BCUT2D eigenvalue weighted by atomic mass is 32.1. The molecular formula is C43H51N7O5S. The molecule has 2 aliphatic carbocycles. The van der Waals surface area contributed by atoms with E-state index in [1.54, 1.807) is 65.8 Å². The lowest BCUT2D eigenvalue weighted by molar-refractivity contribution is -0.132. The molecule has 13 heteroatoms. The van der Waals surface area contributed by atoms with E-state index in [1.165, 1.54) is 0 Å². The van der Waals surface area contributed by atoms with Crippen molar-refractivity contribution in [2.24, 2.45) is 13.0 Å². The highest BCUT2D eigenvalue weighted by Gasteiger charge is 2.34. The molecule has 3 aromatic heterocycles. The number of nitrogens with zero attached hydrogens (tertiary/aromatic N) is 6. The van der Waals surface area contributed by atoms with E-state index in [-0.39, 0.29) is 29.6 Å². The number of para-hydroxylation sites is 1. The van der Waals surface area contributed by atoms with Gasteiger partial charge in [-0.1, -0.05) is 12.1 Å². The fraction of sp³-hybridized carbons (Fsp3) is 0.488. The maximum Gasteiger partial charge on any atom is 0.329 e. The molecule has 4 heterocycles. The molecule has 2 aromatic carbocycles. The topological polar surface area (TPSA) is 143 Å². The normalized spacial score (nSPS) is 21.4. The van der Waals surface area contributed by atoms with E-state index in [1.807, 2.05) is 24.3 Å². The summed E-state index contributed by atoms with van der Waals surface area (Å²) in [6.07, 6.45) is 8.73. The fourth-order valence-electron chi connectivity index (χ4n) is 9.26. The minimum Gasteiger partial charge on any atom is -0.386 e. The Bertz CT molecular complexity index is 2340. The lowest BCUT2D eigenvalue weighted by Crippen LogP contribution is -2.45. The van der Waals surface area contributed by atoms with Crippen LogP contribution >= 0.6 is 11.3 Å². The number of hydrogen-bond acceptors (Lipinski definition) is 10. The van der Waals surface area contributed by atoms with Gasteiger partial charge in [0.1, 0.15) is 11.5 Å². The van der Waals surface area contributed by atoms with E-state index >= 15 is 0 Å². The Labute approximate surface area is 330 Å². The van der Waals surface area contributed by atoms with Gasteiger partial charge in [0.2, 0.25) is 0 Å². The van der Waals surface area contributed by atoms with Crippen molar-refractivity contribution in [2.45, 2.75) is 95.2 Å². The van der Waals surface area contributed by atoms with Crippen molar-refractivity contribution in [3.05, 3.63) is 81.5 Å². The number of fused-ring (bicyclic) bond motifs is 2. The number of hydrogen-bond donors (Lipinski definition) is 2. The first-order chi connectivity index (χ1) is 26.9. The van der Waals surface area contributed by atoms with Crippen molar-refractivity contribution < 1.29 is 19.5 Å². The van der Waals surface area contributed by atoms with Crippen LogP contribution in [0.25, 0.3) is 21.3 Å². The molecule has 2 N–H and O–H groups in total. The Morgan fingerprint density at radius 1 is 1.00 bits per heavy atom. The molecule has 5 aromatic rings. The number of imidazole rings is 1. The van der Waals surface area contributed by atoms with Gasteiger partial charge in [0.05, 0.1) is 50.0 Å². The van der Waals surface area contributed by atoms with Crippen molar-refractivity contribution in [3.8, 4) is 0 Å². The van der Waals surface area contributed by atoms with Gasteiger partial charge in [-0.2, -0.15) is 0 Å². The van der Waals surface area contributed by atoms with E-state index in [9.17, 15) is 24.3 Å². The number of carbonyl (C=O) groups excluding carboxylic acids is 3. The van der Waals surface area contributed by atoms with Crippen molar-refractivity contribution in [2.75, 3.05) is 36.9 Å². The molecule has 0 radical (unpaired) electrons. The lowest BCUT2D eigenvalue weighted by atomic mass is 9.82. The number of Topliss-reactive ketones (excluding diaryl/α,β-unsaturated/α-hetero) is 2. The predicted octanol–water partition coefficient (Wildman–Crippen LogP) is 6.56. The molecular weight excluding hydrogens is 727 g/mol. The quantitative estimate of drug-likeness (QED) is 0.159. The van der Waals surface area contributed by atoms with Gasteiger partial charge in [-0.25, -0.2) is 9.78 Å². The van der Waals surface area contributed by atoms with Gasteiger partial charge in [0.25, 0.3) is 5.91 Å². The number of aryl methyl sites for hydroxylation is 1. The van der Waals surface area contributed by atoms with Crippen LogP contribution in [-0.4, -0.2) is 79.3 Å². The van der Waals surface area contributed by atoms with Gasteiger partial charge in [-0.3, -0.25) is 28.5 Å². The number of piperidine rings is 1. The zero-order chi connectivity index (χ0) is 39.3. The first-order valence-electron chi connectivity index (χ1n) is 19.9. The molecule has 1 atom stereocenters. The molecule has 1 unspecified atom stereocenters. The summed E-state index contributed by atoms with van der Waals surface area (Å²) >= 11 is 1.69. The third kappa shape index (κ3) is 7.44. The third-order valence-electron chi connectivity index (χ3n) is 12.4. The number of benzene rings is 2. The average molecular weight is 778 g/mol. The van der Waals surface area contributed by atoms with Crippen LogP contribution in [-0.2, 0) is 22.2 Å². The Morgan fingerprint density at radius 2 is 1.77 bits per heavy atom. The zero-order valence-corrected chi connectivity index (χ0v) is 33.5. The summed E-state index contributed by atoms with van der Waals surface area (Å²) in [5.74, 6) is 0.480. The maximum atomic E-state index is 13.5. The van der Waals surface area contributed by atoms with Crippen LogP contribution < -0.4 is 15.9 Å². The van der Waals surface area contributed by atoms with Crippen LogP contribution in [0.3, 0.4) is 0 Å². The molecule has 3 fully saturated rings. The standard InChI is InChI=1S/C43H51N7O5S/c1-43(2,55)30-23-33-38(24-32(30)45-40(53)31-8-5-6-19-44-31)56-41(46-33)27-13-11-26(12-14-27)25-47(3)28-17-20-49(21-18-28)35-9-7-10-36-39(35)48(4)42(54)50(36)34-16-15-29(51)22-37(34)52/h5-10,19,23-24,26-28,34,55H,11-18,20-22,25H2,1-4H3,(H,45,53). The summed E-state index contributed by atoms with van der Waals surface area (Å²) in [4.78, 5) is 65.4. The number of amides is 1. The predicted molar refractivity (Wildman–Crippen MR) is 220 cm³/mol. The third-order valence-corrected chi connectivity index (χ3v) is 13.5. The molecule has 2 saturated carbocycles. The van der Waals surface area contributed by atoms with Crippen molar-refractivity contribution in [3.63, 3.8) is 0 Å². The first-order valence-corrected chi connectivity index (χ1v) is 20.8. The summed E-state index contributed by atoms with van der Waals surface area (Å²) < 4.78 is 4.29. The number of ketones is 2. The number of nitrogens with one attached hydrogen (secondary N) is 1. The number of pyridine rings is 1. The minimum absolute atomic E-state index is 0.0465. The second-order valence-corrected chi connectivity index (χ2v) is 17.7. The van der Waals surface area contributed by atoms with E-state index in [2.05, 4.69) is 33.2 Å². The Morgan fingerprint density at radius 3 is 2.46 bits per heavy atom. The Balaban J connectivity index is 0.882. The van der Waals surface area contributed by atoms with Crippen molar-refractivity contribution in [1.29, 1.82) is 0 Å². The first kappa shape index (κ1) is 38.2. The smallest absolute Gasteiger partial charge is 0.329 e. The largest absolute Gasteiger partial charge is 0.386 e. The minimum atomic E-state index is -1.17. The maximum absolute atomic E-state index is 13.5. The molecule has 0 bridgehead atoms. The summed E-state index contributed by atoms with van der Waals surface area (Å²) in [7, 11) is 4.05. The van der Waals surface area contributed by atoms with Gasteiger partial charge in [-0.15, -0.1) is 11.3 Å². The van der Waals surface area contributed by atoms with E-state index in [4.69, 9.17) is 4.98 Å². The number of anilines is 2. The number of aliphatic hydroxyl groups is 1. The monoisotopic (exact) mass is 777 g/mol. The molecule has 0 spiro atoms. The number of carbonyl (C=O) groups is 3. The second kappa shape index (κ2) is 15.3. The van der Waals surface area contributed by atoms with Gasteiger partial charge in [-0.05, 0) is 108 Å². The van der Waals surface area contributed by atoms with Gasteiger partial charge in [0, 0.05) is 62.5 Å². The SMILES string of the molecule is CN(CC1CCC(c2nc3cc(C(C)(C)O)c(NC(=O)c4ccccn4)cc3s2)CC1)C1CCN(c2cccc3c2n(C)c(=O)n3C2CCC(=O)CC2=O)CC1. The van der Waals surface area contributed by atoms with Gasteiger partial charge in [0.15, 0.2) is 5.78 Å². The summed E-state index contributed by atoms with van der Waals surface area (Å²) in [6.45, 7) is 6.28. The Kier molecular flexibility index (Phi) is 10.4. The van der Waals surface area contributed by atoms with Gasteiger partial charge < -0.3 is 20.2 Å². The average Bonchev–Trinajstić information content (AvgIpc) is 3.72. The van der Waals surface area contributed by atoms with Crippen molar-refractivity contribution >= 4 is 61.4 Å². The van der Waals surface area contributed by atoms with Crippen LogP contribution in [0.1, 0.15) is 105 Å². The molecule has 12 nitrogen and oxygen atoms in total. The number of rotatable bonds is 9. The summed E-state index contributed by atoms with van der Waals surface area (Å²) in [6, 6.07) is 14.9. The Hall–Kier alpha value is -4.72. The number of aromatic nitrogens is 4. The molecule has 1 amide bonds. The lowest BCUT2D eigenvalue weighted by Gasteiger charge is -2.40. The van der Waals surface area contributed by atoms with Crippen LogP contribution in [0.2, 0.25) is 0 Å². The van der Waals surface area contributed by atoms with E-state index in [0.29, 0.717) is 47.7 Å². The van der Waals surface area contributed by atoms with E-state index < -0.39 is 11.6 Å². The van der Waals surface area contributed by atoms with Crippen molar-refractivity contribution in [1.82, 2.24) is 24.0 Å². The van der Waals surface area contributed by atoms with Crippen LogP contribution in [0.15, 0.2) is 59.5 Å². The number of thiazole rings is 1. The molecule has 1 saturated heterocycles. The summed E-state index contributed by atoms with van der Waals surface area (Å²) in [5, 5.41) is 15.1. The van der Waals surface area contributed by atoms with Crippen LogP contribution in [0.5, 0.6) is 0 Å². The molecule has 8 rings (SSSR count). The van der Waals surface area contributed by atoms with Crippen LogP contribution in [0, 0.1) is 5.92 Å². The highest BCUT2D eigenvalue weighted by molar-refractivity contribution is 7.18. The molecule has 294 valence electrons. The fourth-order valence-corrected chi connectivity index (χ4v) is 10.4. The van der Waals surface area contributed by atoms with E-state index in [0.717, 1.165) is 90.1 Å². The molecule has 56 heavy (non-hydrogen) atoms. The zero-order valence-electron chi connectivity index (χ0n) is 32.7. The molecule has 3 aliphatic rings. The highest BCUT2D eigenvalue weighted by Crippen LogP contribution is 2.42. The van der Waals surface area contributed by atoms with Gasteiger partial charge >= 0.3 is 5.69 Å².